The minimum atomic E-state index is -0.204. The number of benzene rings is 2. The van der Waals surface area contributed by atoms with Crippen LogP contribution in [0.4, 0.5) is 11.8 Å². The number of aromatic nitrogens is 3. The molecule has 182 valence electrons. The lowest BCUT2D eigenvalue weighted by Crippen LogP contribution is -2.25. The Bertz CT molecular complexity index is 1250. The number of H-pyrrole nitrogens is 1. The van der Waals surface area contributed by atoms with Crippen LogP contribution >= 0.6 is 0 Å². The number of methoxy groups -OCH3 is 2. The van der Waals surface area contributed by atoms with E-state index < -0.39 is 0 Å². The summed E-state index contributed by atoms with van der Waals surface area (Å²) >= 11 is 0. The standard InChI is InChI=1S/C27H31N5O3/c1-4-5-15-28-25-24-23(14-16-29-26(24)33)30-27(31-25)32(17-19-6-10-21(34-2)11-7-19)18-20-8-12-22(35-3)13-9-20/h6-14,16H,4-5,15,17-18H2,1-3H3,(H,29,33)(H,28,30,31). The second kappa shape index (κ2) is 11.4. The van der Waals surface area contributed by atoms with Crippen LogP contribution < -0.4 is 25.2 Å². The van der Waals surface area contributed by atoms with Crippen LogP contribution in [-0.2, 0) is 13.1 Å². The summed E-state index contributed by atoms with van der Waals surface area (Å²) in [4.78, 5) is 27.1. The fraction of sp³-hybridized carbons (Fsp3) is 0.296. The summed E-state index contributed by atoms with van der Waals surface area (Å²) in [5, 5.41) is 3.83. The van der Waals surface area contributed by atoms with E-state index in [2.05, 4.69) is 22.1 Å². The van der Waals surface area contributed by atoms with E-state index in [0.717, 1.165) is 42.0 Å². The van der Waals surface area contributed by atoms with Gasteiger partial charge in [-0.25, -0.2) is 4.98 Å². The van der Waals surface area contributed by atoms with Gasteiger partial charge in [0.1, 0.15) is 22.7 Å². The molecule has 2 aromatic heterocycles. The van der Waals surface area contributed by atoms with E-state index >= 15 is 0 Å². The Hall–Kier alpha value is -4.07. The van der Waals surface area contributed by atoms with E-state index in [1.807, 2.05) is 54.6 Å². The number of rotatable bonds is 11. The number of hydrogen-bond acceptors (Lipinski definition) is 7. The highest BCUT2D eigenvalue weighted by molar-refractivity contribution is 5.89. The molecular weight excluding hydrogens is 442 g/mol. The third-order valence-corrected chi connectivity index (χ3v) is 5.78. The molecule has 35 heavy (non-hydrogen) atoms. The summed E-state index contributed by atoms with van der Waals surface area (Å²) < 4.78 is 10.6. The van der Waals surface area contributed by atoms with Gasteiger partial charge in [-0.3, -0.25) is 4.79 Å². The topological polar surface area (TPSA) is 92.4 Å². The number of pyridine rings is 1. The molecule has 0 atom stereocenters. The lowest BCUT2D eigenvalue weighted by molar-refractivity contribution is 0.414. The number of aromatic amines is 1. The molecule has 4 aromatic rings. The molecule has 8 nitrogen and oxygen atoms in total. The number of hydrogen-bond donors (Lipinski definition) is 2. The van der Waals surface area contributed by atoms with Crippen molar-refractivity contribution in [3.8, 4) is 11.5 Å². The molecule has 2 aromatic carbocycles. The van der Waals surface area contributed by atoms with Gasteiger partial charge in [0.25, 0.3) is 5.56 Å². The average Bonchev–Trinajstić information content (AvgIpc) is 2.89. The maximum Gasteiger partial charge on any atom is 0.261 e. The maximum atomic E-state index is 12.6. The molecule has 4 rings (SSSR count). The van der Waals surface area contributed by atoms with Crippen LogP contribution in [0, 0.1) is 0 Å². The largest absolute Gasteiger partial charge is 0.497 e. The molecule has 0 unspecified atom stereocenters. The number of nitrogens with zero attached hydrogens (tertiary/aromatic N) is 3. The van der Waals surface area contributed by atoms with Gasteiger partial charge < -0.3 is 24.7 Å². The molecule has 0 saturated heterocycles. The molecule has 0 aliphatic carbocycles. The monoisotopic (exact) mass is 473 g/mol. The third kappa shape index (κ3) is 5.90. The van der Waals surface area contributed by atoms with E-state index in [-0.39, 0.29) is 5.56 Å². The maximum absolute atomic E-state index is 12.6. The van der Waals surface area contributed by atoms with Gasteiger partial charge in [0.15, 0.2) is 0 Å². The predicted octanol–water partition coefficient (Wildman–Crippen LogP) is 4.75. The van der Waals surface area contributed by atoms with Crippen LogP contribution in [0.5, 0.6) is 11.5 Å². The van der Waals surface area contributed by atoms with Gasteiger partial charge >= 0.3 is 0 Å². The van der Waals surface area contributed by atoms with Gasteiger partial charge in [-0.05, 0) is 47.9 Å². The highest BCUT2D eigenvalue weighted by Crippen LogP contribution is 2.24. The van der Waals surface area contributed by atoms with Crippen molar-refractivity contribution in [3.63, 3.8) is 0 Å². The van der Waals surface area contributed by atoms with Crippen LogP contribution in [0.2, 0.25) is 0 Å². The van der Waals surface area contributed by atoms with Crippen LogP contribution in [-0.4, -0.2) is 35.7 Å². The Labute approximate surface area is 205 Å². The molecule has 0 amide bonds. The number of nitrogens with one attached hydrogen (secondary N) is 2. The lowest BCUT2D eigenvalue weighted by atomic mass is 10.1. The zero-order valence-electron chi connectivity index (χ0n) is 20.4. The zero-order chi connectivity index (χ0) is 24.6. The van der Waals surface area contributed by atoms with Crippen molar-refractivity contribution >= 4 is 22.7 Å². The fourth-order valence-corrected chi connectivity index (χ4v) is 3.83. The first-order chi connectivity index (χ1) is 17.1. The second-order valence-corrected chi connectivity index (χ2v) is 8.27. The molecule has 0 radical (unpaired) electrons. The van der Waals surface area contributed by atoms with Gasteiger partial charge in [0.05, 0.1) is 19.7 Å². The van der Waals surface area contributed by atoms with Crippen molar-refractivity contribution < 1.29 is 9.47 Å². The first-order valence-electron chi connectivity index (χ1n) is 11.8. The molecule has 0 fully saturated rings. The number of unbranched alkanes of at least 4 members (excludes halogenated alkanes) is 1. The summed E-state index contributed by atoms with van der Waals surface area (Å²) in [6.45, 7) is 4.02. The van der Waals surface area contributed by atoms with Gasteiger partial charge in [0, 0.05) is 25.8 Å². The van der Waals surface area contributed by atoms with Crippen LogP contribution in [0.1, 0.15) is 30.9 Å². The summed E-state index contributed by atoms with van der Waals surface area (Å²) in [5.41, 5.74) is 2.58. The Morgan fingerprint density at radius 3 is 2.03 bits per heavy atom. The Morgan fingerprint density at radius 1 is 0.886 bits per heavy atom. The first-order valence-corrected chi connectivity index (χ1v) is 11.8. The summed E-state index contributed by atoms with van der Waals surface area (Å²) in [6, 6.07) is 17.7. The summed E-state index contributed by atoms with van der Waals surface area (Å²) in [7, 11) is 3.31. The van der Waals surface area contributed by atoms with Crippen molar-refractivity contribution in [2.45, 2.75) is 32.9 Å². The van der Waals surface area contributed by atoms with Gasteiger partial charge in [-0.2, -0.15) is 4.98 Å². The van der Waals surface area contributed by atoms with Crippen LogP contribution in [0.3, 0.4) is 0 Å². The van der Waals surface area contributed by atoms with Crippen molar-refractivity contribution in [3.05, 3.63) is 82.3 Å². The minimum absolute atomic E-state index is 0.204. The van der Waals surface area contributed by atoms with Crippen molar-refractivity contribution in [1.82, 2.24) is 15.0 Å². The average molecular weight is 474 g/mol. The van der Waals surface area contributed by atoms with Crippen LogP contribution in [0.25, 0.3) is 10.9 Å². The number of fused-ring (bicyclic) bond motifs is 1. The van der Waals surface area contributed by atoms with Crippen molar-refractivity contribution in [2.75, 3.05) is 31.0 Å². The minimum Gasteiger partial charge on any atom is -0.497 e. The zero-order valence-corrected chi connectivity index (χ0v) is 20.4. The van der Waals surface area contributed by atoms with E-state index in [1.54, 1.807) is 20.4 Å². The second-order valence-electron chi connectivity index (χ2n) is 8.27. The fourth-order valence-electron chi connectivity index (χ4n) is 3.83. The molecule has 8 heteroatoms. The Kier molecular flexibility index (Phi) is 7.82. The van der Waals surface area contributed by atoms with E-state index in [4.69, 9.17) is 19.4 Å². The highest BCUT2D eigenvalue weighted by Gasteiger charge is 2.17. The van der Waals surface area contributed by atoms with Gasteiger partial charge in [0.2, 0.25) is 5.95 Å². The highest BCUT2D eigenvalue weighted by atomic mass is 16.5. The van der Waals surface area contributed by atoms with E-state index in [9.17, 15) is 4.79 Å². The van der Waals surface area contributed by atoms with Crippen molar-refractivity contribution in [1.29, 1.82) is 0 Å². The number of ether oxygens (including phenoxy) is 2. The lowest BCUT2D eigenvalue weighted by Gasteiger charge is -2.24. The quantitative estimate of drug-likeness (QED) is 0.304. The number of anilines is 2. The van der Waals surface area contributed by atoms with E-state index in [1.165, 1.54) is 0 Å². The molecule has 0 spiro atoms. The normalized spacial score (nSPS) is 10.8. The summed E-state index contributed by atoms with van der Waals surface area (Å²) in [5.74, 6) is 2.71. The smallest absolute Gasteiger partial charge is 0.261 e. The van der Waals surface area contributed by atoms with Gasteiger partial charge in [-0.1, -0.05) is 37.6 Å². The molecule has 0 aliphatic heterocycles. The summed E-state index contributed by atoms with van der Waals surface area (Å²) in [6.07, 6.45) is 3.64. The molecule has 0 saturated carbocycles. The Balaban J connectivity index is 1.75. The molecule has 2 N–H and O–H groups in total. The van der Waals surface area contributed by atoms with E-state index in [0.29, 0.717) is 35.8 Å². The van der Waals surface area contributed by atoms with Crippen LogP contribution in [0.15, 0.2) is 65.6 Å². The Morgan fingerprint density at radius 2 is 1.49 bits per heavy atom. The molecule has 0 aliphatic rings. The third-order valence-electron chi connectivity index (χ3n) is 5.78. The molecule has 2 heterocycles. The predicted molar refractivity (Wildman–Crippen MR) is 139 cm³/mol. The molecular formula is C27H31N5O3. The van der Waals surface area contributed by atoms with Crippen molar-refractivity contribution in [2.24, 2.45) is 0 Å². The van der Waals surface area contributed by atoms with Gasteiger partial charge in [-0.15, -0.1) is 0 Å². The SMILES string of the molecule is CCCCNc1nc(N(Cc2ccc(OC)cc2)Cc2ccc(OC)cc2)nc2cc[nH]c(=O)c12. The first kappa shape index (κ1) is 24.1. The molecule has 0 bridgehead atoms.